The first-order valence-electron chi connectivity index (χ1n) is 41.6. The van der Waals surface area contributed by atoms with Crippen molar-refractivity contribution in [3.8, 4) is 102 Å². The maximum absolute atomic E-state index is 15.2. The monoisotopic (exact) mass is 1820 g/mol. The number of hydrogen-bond acceptors (Lipinski definition) is 24. The maximum Gasteiger partial charge on any atom is 0.334 e. The van der Waals surface area contributed by atoms with Crippen molar-refractivity contribution in [3.05, 3.63) is 249 Å². The largest absolute Gasteiger partial charge is 0.496 e. The molecule has 16 heterocycles. The van der Waals surface area contributed by atoms with Gasteiger partial charge in [-0.25, -0.2) is 50.9 Å². The fourth-order valence-electron chi connectivity index (χ4n) is 17.0. The number of benzene rings is 4. The van der Waals surface area contributed by atoms with Gasteiger partial charge in [-0.2, -0.15) is 19.7 Å². The van der Waals surface area contributed by atoms with Gasteiger partial charge in [-0.05, 0) is 79.5 Å². The fourth-order valence-corrected chi connectivity index (χ4v) is 17.3. The average molecular weight is 1820 g/mol. The van der Waals surface area contributed by atoms with Crippen LogP contribution in [0.5, 0.6) is 34.6 Å². The molecule has 0 bridgehead atoms. The van der Waals surface area contributed by atoms with E-state index in [0.29, 0.717) is 101 Å². The standard InChI is InChI=1S/C24H21FN6O2.C24H22N6O2.C23H21FN6O5S.C22H19FN6O3/c1-29-12-14(8-28-29)15-6-16-19(7-21(15)33-3)27-11-20-23(16)31(24(32)30(20)2)22-17(13-4-5-13)9-26-10-18(22)25;1-28-13-15(10-27-28)16-8-17-19(9-22(16)32-3)26-12-21-23(17)30(24(31)29(21)2)20-6-7-25-11-18(20)14-4-5-14;1-28-11-13(8-27-28)15-6-16-18(7-20(15)34-3)25-10-19-21(16)30(23(31)29(19)2)22-17(24)5-14(9-26-22)35-12-36(4,32)33;1-27-11-17(21(23)26-27)29-20-14-7-13(12-5-6-19(32-4)25-9-12)18(31-3)8-15(14)24-10-16(20)28(2)22(29)30/h6-13H,4-5H2,1-3H3;6-14H,4-5H2,1-3H3;5-11H,12H2,1-4H3;5-11H,1-4H3. The summed E-state index contributed by atoms with van der Waals surface area (Å²) in [5.41, 5.74) is 15.7. The molecule has 22 rings (SSSR count). The van der Waals surface area contributed by atoms with Crippen LogP contribution in [0.2, 0.25) is 0 Å². The van der Waals surface area contributed by atoms with Crippen LogP contribution in [0.1, 0.15) is 48.6 Å². The van der Waals surface area contributed by atoms with E-state index in [0.717, 1.165) is 126 Å². The fraction of sp³-hybridized carbons (Fsp3) is 0.226. The molecule has 16 aromatic heterocycles. The molecule has 0 radical (unpaired) electrons. The summed E-state index contributed by atoms with van der Waals surface area (Å²) in [4.78, 5) is 88.2. The van der Waals surface area contributed by atoms with Crippen molar-refractivity contribution in [2.75, 3.05) is 47.7 Å². The first kappa shape index (κ1) is 86.0. The Morgan fingerprint density at radius 3 is 1.20 bits per heavy atom. The number of aromatic nitrogens is 24. The summed E-state index contributed by atoms with van der Waals surface area (Å²) in [6.45, 7) is 0. The third kappa shape index (κ3) is 15.3. The third-order valence-corrected chi connectivity index (χ3v) is 24.4. The number of imidazole rings is 4. The highest BCUT2D eigenvalue weighted by Crippen LogP contribution is 2.47. The van der Waals surface area contributed by atoms with Crippen molar-refractivity contribution in [1.29, 1.82) is 0 Å². The zero-order chi connectivity index (χ0) is 93.2. The highest BCUT2D eigenvalue weighted by atomic mass is 32.2. The summed E-state index contributed by atoms with van der Waals surface area (Å²) in [6, 6.07) is 21.5. The van der Waals surface area contributed by atoms with Crippen molar-refractivity contribution in [2.24, 2.45) is 56.4 Å². The predicted octanol–water partition coefficient (Wildman–Crippen LogP) is 12.3. The van der Waals surface area contributed by atoms with Crippen LogP contribution in [-0.2, 0) is 66.2 Å². The van der Waals surface area contributed by atoms with Crippen molar-refractivity contribution in [2.45, 2.75) is 37.5 Å². The number of methoxy groups -OCH3 is 5. The lowest BCUT2D eigenvalue weighted by molar-refractivity contribution is 0.373. The number of fused-ring (bicyclic) bond motifs is 12. The van der Waals surface area contributed by atoms with E-state index in [9.17, 15) is 32.0 Å². The molecule has 0 N–H and O–H groups in total. The average Bonchev–Trinajstić information content (AvgIpc) is 1.57. The SMILES string of the molecule is COc1cc2ncc3c(c2cc1-c1cnn(C)c1)n(-c1c(F)cncc1C1CC1)c(=O)n3C.COc1cc2ncc3c(c2cc1-c1cnn(C)c1)n(-c1ccncc1C1CC1)c(=O)n3C.COc1cc2ncc3c(c2cc1-c1cnn(C)c1)n(-c1ncc(OCS(C)(=O)=O)cc1F)c(=O)n3C.COc1ccc(-c2cc3c(cc2OC)ncc2c3n(-c3cn(C)nc3F)c(=O)n2C)cn1. The number of rotatable bonds is 18. The van der Waals surface area contributed by atoms with E-state index in [1.807, 2.05) is 92.1 Å². The van der Waals surface area contributed by atoms with Gasteiger partial charge in [-0.1, -0.05) is 0 Å². The van der Waals surface area contributed by atoms with E-state index in [1.165, 1.54) is 52.3 Å². The van der Waals surface area contributed by atoms with E-state index in [2.05, 4.69) is 66.3 Å². The van der Waals surface area contributed by atoms with Crippen LogP contribution in [0.25, 0.3) is 155 Å². The molecule has 20 aromatic rings. The molecule has 4 aromatic carbocycles. The van der Waals surface area contributed by atoms with Crippen LogP contribution >= 0.6 is 0 Å². The highest BCUT2D eigenvalue weighted by Gasteiger charge is 2.34. The minimum absolute atomic E-state index is 0.0686. The topological polar surface area (TPSA) is 372 Å². The van der Waals surface area contributed by atoms with Crippen molar-refractivity contribution in [1.82, 2.24) is 116 Å². The Morgan fingerprint density at radius 2 is 0.805 bits per heavy atom. The summed E-state index contributed by atoms with van der Waals surface area (Å²) in [5, 5.41) is 19.4. The minimum Gasteiger partial charge on any atom is -0.496 e. The lowest BCUT2D eigenvalue weighted by Gasteiger charge is -2.13. The van der Waals surface area contributed by atoms with Crippen LogP contribution in [0.4, 0.5) is 13.2 Å². The quantitative estimate of drug-likeness (QED) is 0.0770. The third-order valence-electron chi connectivity index (χ3n) is 23.8. The van der Waals surface area contributed by atoms with Crippen molar-refractivity contribution in [3.63, 3.8) is 0 Å². The first-order chi connectivity index (χ1) is 64.0. The smallest absolute Gasteiger partial charge is 0.334 e. The molecule has 0 atom stereocenters. The second-order valence-electron chi connectivity index (χ2n) is 32.4. The van der Waals surface area contributed by atoms with Gasteiger partial charge < -0.3 is 28.4 Å². The molecule has 36 nitrogen and oxygen atoms in total. The Kier molecular flexibility index (Phi) is 21.7. The molecular formula is C93H83F3N24O12S. The van der Waals surface area contributed by atoms with E-state index >= 15 is 8.78 Å². The second kappa shape index (κ2) is 33.6. The molecule has 2 fully saturated rings. The maximum atomic E-state index is 15.2. The lowest BCUT2D eigenvalue weighted by Crippen LogP contribution is -2.22. The summed E-state index contributed by atoms with van der Waals surface area (Å²) in [6.07, 6.45) is 33.4. The molecule has 133 heavy (non-hydrogen) atoms. The molecule has 0 unspecified atom stereocenters. The van der Waals surface area contributed by atoms with Gasteiger partial charge in [0.05, 0.1) is 175 Å². The molecule has 0 spiro atoms. The van der Waals surface area contributed by atoms with Crippen LogP contribution in [-0.4, -0.2) is 172 Å². The molecular weight excluding hydrogens is 1730 g/mol. The van der Waals surface area contributed by atoms with Gasteiger partial charge in [0.2, 0.25) is 5.88 Å². The number of hydrogen-bond donors (Lipinski definition) is 0. The van der Waals surface area contributed by atoms with Gasteiger partial charge in [-0.3, -0.25) is 80.6 Å². The highest BCUT2D eigenvalue weighted by molar-refractivity contribution is 7.90. The summed E-state index contributed by atoms with van der Waals surface area (Å²) >= 11 is 0. The van der Waals surface area contributed by atoms with Gasteiger partial charge in [-0.15, -0.1) is 5.10 Å². The van der Waals surface area contributed by atoms with Gasteiger partial charge in [0.1, 0.15) is 34.4 Å². The summed E-state index contributed by atoms with van der Waals surface area (Å²) < 4.78 is 119. The first-order valence-corrected chi connectivity index (χ1v) is 43.6. The zero-order valence-corrected chi connectivity index (χ0v) is 74.9. The minimum atomic E-state index is -3.44. The van der Waals surface area contributed by atoms with Crippen LogP contribution < -0.4 is 51.2 Å². The molecule has 0 aliphatic heterocycles. The molecule has 40 heteroatoms. The summed E-state index contributed by atoms with van der Waals surface area (Å²) in [7, 11) is 18.3. The zero-order valence-electron chi connectivity index (χ0n) is 74.1. The Bertz CT molecular complexity index is 8540. The lowest BCUT2D eigenvalue weighted by atomic mass is 10.0. The Morgan fingerprint density at radius 1 is 0.391 bits per heavy atom. The number of pyridine rings is 8. The summed E-state index contributed by atoms with van der Waals surface area (Å²) in [5.74, 6) is 0.585. The van der Waals surface area contributed by atoms with Crippen LogP contribution in [0.15, 0.2) is 197 Å². The van der Waals surface area contributed by atoms with Gasteiger partial charge in [0.25, 0.3) is 5.95 Å². The Balaban J connectivity index is 0.000000114. The number of sulfone groups is 1. The van der Waals surface area contributed by atoms with Crippen LogP contribution in [0.3, 0.4) is 0 Å². The van der Waals surface area contributed by atoms with Gasteiger partial charge in [0, 0.05) is 214 Å². The second-order valence-corrected chi connectivity index (χ2v) is 34.5. The van der Waals surface area contributed by atoms with Crippen molar-refractivity contribution >= 4 is 97.6 Å². The van der Waals surface area contributed by atoms with Gasteiger partial charge in [0.15, 0.2) is 33.2 Å². The van der Waals surface area contributed by atoms with E-state index in [4.69, 9.17) is 28.4 Å². The number of ether oxygens (including phenoxy) is 6. The Hall–Kier alpha value is -16.4. The predicted molar refractivity (Wildman–Crippen MR) is 492 cm³/mol. The number of aryl methyl sites for hydroxylation is 8. The molecule has 2 aliphatic carbocycles. The van der Waals surface area contributed by atoms with E-state index < -0.39 is 44.7 Å². The molecule has 0 saturated heterocycles. The molecule has 2 aliphatic rings. The Labute approximate surface area is 751 Å². The molecule has 674 valence electrons. The number of nitrogens with zero attached hydrogens (tertiary/aromatic N) is 24. The van der Waals surface area contributed by atoms with E-state index in [1.54, 1.807) is 164 Å². The van der Waals surface area contributed by atoms with E-state index in [-0.39, 0.29) is 40.2 Å². The van der Waals surface area contributed by atoms with Crippen molar-refractivity contribution < 1.29 is 50.0 Å². The normalized spacial score (nSPS) is 12.7. The van der Waals surface area contributed by atoms with Gasteiger partial charge >= 0.3 is 22.8 Å². The number of halogens is 3. The van der Waals surface area contributed by atoms with Crippen LogP contribution in [0, 0.1) is 17.6 Å². The molecule has 2 saturated carbocycles. The molecule has 0 amide bonds.